The van der Waals surface area contributed by atoms with E-state index >= 15 is 0 Å². The Hall–Kier alpha value is -2.37. The quantitative estimate of drug-likeness (QED) is 0.922. The molecule has 0 saturated carbocycles. The van der Waals surface area contributed by atoms with Gasteiger partial charge in [0.1, 0.15) is 6.10 Å². The molecule has 2 heterocycles. The van der Waals surface area contributed by atoms with Crippen molar-refractivity contribution in [1.29, 1.82) is 0 Å². The smallest absolute Gasteiger partial charge is 0.322 e. The van der Waals surface area contributed by atoms with E-state index in [1.54, 1.807) is 0 Å². The van der Waals surface area contributed by atoms with Gasteiger partial charge in [-0.25, -0.2) is 4.79 Å². The monoisotopic (exact) mass is 324 g/mol. The Morgan fingerprint density at radius 1 is 1.08 bits per heavy atom. The number of fused-ring (bicyclic) bond motifs is 1. The first-order valence-corrected chi connectivity index (χ1v) is 8.21. The Kier molecular flexibility index (Phi) is 4.19. The number of urea groups is 1. The van der Waals surface area contributed by atoms with Crippen molar-refractivity contribution >= 4 is 11.7 Å². The first-order valence-electron chi connectivity index (χ1n) is 8.21. The van der Waals surface area contributed by atoms with Crippen molar-refractivity contribution in [3.8, 4) is 0 Å². The van der Waals surface area contributed by atoms with Crippen molar-refractivity contribution in [3.63, 3.8) is 0 Å². The average Bonchev–Trinajstić information content (AvgIpc) is 3.10. The molecule has 1 saturated heterocycles. The second kappa shape index (κ2) is 6.63. The third kappa shape index (κ3) is 3.13. The van der Waals surface area contributed by atoms with Crippen molar-refractivity contribution in [2.75, 3.05) is 25.0 Å². The van der Waals surface area contributed by atoms with Crippen molar-refractivity contribution in [2.45, 2.75) is 19.3 Å². The highest BCUT2D eigenvalue weighted by Gasteiger charge is 2.25. The number of hydrogen-bond acceptors (Lipinski definition) is 3. The first kappa shape index (κ1) is 15.2. The molecule has 0 spiro atoms. The summed E-state index contributed by atoms with van der Waals surface area (Å²) >= 11 is 0. The summed E-state index contributed by atoms with van der Waals surface area (Å²) in [4.78, 5) is 14.4. The number of anilines is 1. The number of carbonyl (C=O) groups is 1. The standard InChI is InChI=1S/C19H20N2O3/c22-19(20-17-7-6-15-12-23-13-16(15)10-17)21-8-9-24-18(11-21)14-4-2-1-3-5-14/h1-7,10,18H,8-9,11-13H2,(H,20,22). The fourth-order valence-electron chi connectivity index (χ4n) is 3.16. The number of morpholine rings is 1. The van der Waals surface area contributed by atoms with Gasteiger partial charge in [0.25, 0.3) is 0 Å². The van der Waals surface area contributed by atoms with Crippen molar-refractivity contribution in [2.24, 2.45) is 0 Å². The zero-order valence-corrected chi connectivity index (χ0v) is 13.4. The average molecular weight is 324 g/mol. The Bertz CT molecular complexity index is 733. The number of carbonyl (C=O) groups excluding carboxylic acids is 1. The zero-order chi connectivity index (χ0) is 16.4. The number of nitrogens with one attached hydrogen (secondary N) is 1. The van der Waals surface area contributed by atoms with Crippen LogP contribution in [0.3, 0.4) is 0 Å². The molecule has 0 aromatic heterocycles. The SMILES string of the molecule is O=C(Nc1ccc2c(c1)COC2)N1CCOC(c2ccccc2)C1. The number of nitrogens with zero attached hydrogens (tertiary/aromatic N) is 1. The van der Waals surface area contributed by atoms with E-state index in [0.29, 0.717) is 32.9 Å². The van der Waals surface area contributed by atoms with Crippen LogP contribution in [0.25, 0.3) is 0 Å². The molecule has 2 amide bonds. The summed E-state index contributed by atoms with van der Waals surface area (Å²) in [7, 11) is 0. The van der Waals surface area contributed by atoms with E-state index in [9.17, 15) is 4.79 Å². The fourth-order valence-corrected chi connectivity index (χ4v) is 3.16. The van der Waals surface area contributed by atoms with Crippen LogP contribution in [0.4, 0.5) is 10.5 Å². The molecule has 2 aromatic carbocycles. The minimum atomic E-state index is -0.0851. The summed E-state index contributed by atoms with van der Waals surface area (Å²) in [6.45, 7) is 2.98. The lowest BCUT2D eigenvalue weighted by Gasteiger charge is -2.33. The molecule has 0 aliphatic carbocycles. The molecule has 124 valence electrons. The highest BCUT2D eigenvalue weighted by atomic mass is 16.5. The van der Waals surface area contributed by atoms with Crippen molar-refractivity contribution in [1.82, 2.24) is 4.90 Å². The van der Waals surface area contributed by atoms with E-state index < -0.39 is 0 Å². The van der Waals surface area contributed by atoms with Gasteiger partial charge in [-0.3, -0.25) is 0 Å². The normalized spacial score (nSPS) is 19.8. The van der Waals surface area contributed by atoms with Crippen LogP contribution in [0.15, 0.2) is 48.5 Å². The van der Waals surface area contributed by atoms with E-state index in [0.717, 1.165) is 16.8 Å². The van der Waals surface area contributed by atoms with Gasteiger partial charge in [-0.1, -0.05) is 36.4 Å². The van der Waals surface area contributed by atoms with Crippen LogP contribution in [0.2, 0.25) is 0 Å². The summed E-state index contributed by atoms with van der Waals surface area (Å²) < 4.78 is 11.2. The molecule has 5 heteroatoms. The molecule has 2 aliphatic rings. The van der Waals surface area contributed by atoms with Gasteiger partial charge >= 0.3 is 6.03 Å². The maximum absolute atomic E-state index is 12.6. The molecule has 24 heavy (non-hydrogen) atoms. The summed E-state index contributed by atoms with van der Waals surface area (Å²) in [6, 6.07) is 15.9. The molecule has 0 radical (unpaired) electrons. The third-order valence-electron chi connectivity index (χ3n) is 4.50. The minimum Gasteiger partial charge on any atom is -0.372 e. The summed E-state index contributed by atoms with van der Waals surface area (Å²) in [5.74, 6) is 0. The number of hydrogen-bond donors (Lipinski definition) is 1. The predicted octanol–water partition coefficient (Wildman–Crippen LogP) is 3.32. The van der Waals surface area contributed by atoms with Crippen molar-refractivity contribution in [3.05, 3.63) is 65.2 Å². The van der Waals surface area contributed by atoms with Gasteiger partial charge < -0.3 is 19.7 Å². The van der Waals surface area contributed by atoms with Crippen LogP contribution in [-0.2, 0) is 22.7 Å². The van der Waals surface area contributed by atoms with Gasteiger partial charge in [0.15, 0.2) is 0 Å². The van der Waals surface area contributed by atoms with Crippen LogP contribution < -0.4 is 5.32 Å². The Morgan fingerprint density at radius 3 is 2.79 bits per heavy atom. The topological polar surface area (TPSA) is 50.8 Å². The Morgan fingerprint density at radius 2 is 1.92 bits per heavy atom. The third-order valence-corrected chi connectivity index (χ3v) is 4.50. The lowest BCUT2D eigenvalue weighted by Crippen LogP contribution is -2.44. The maximum Gasteiger partial charge on any atom is 0.322 e. The van der Waals surface area contributed by atoms with Gasteiger partial charge in [-0.15, -0.1) is 0 Å². The predicted molar refractivity (Wildman–Crippen MR) is 90.7 cm³/mol. The molecule has 2 aliphatic heterocycles. The molecule has 1 atom stereocenters. The Balaban J connectivity index is 1.42. The molecule has 0 bridgehead atoms. The van der Waals surface area contributed by atoms with Gasteiger partial charge in [-0.2, -0.15) is 0 Å². The second-order valence-electron chi connectivity index (χ2n) is 6.12. The lowest BCUT2D eigenvalue weighted by molar-refractivity contribution is -0.0135. The molecule has 1 fully saturated rings. The van der Waals surface area contributed by atoms with E-state index in [1.165, 1.54) is 5.56 Å². The fraction of sp³-hybridized carbons (Fsp3) is 0.316. The van der Waals surface area contributed by atoms with Crippen LogP contribution in [-0.4, -0.2) is 30.6 Å². The Labute approximate surface area is 141 Å². The van der Waals surface area contributed by atoms with Crippen LogP contribution in [0.5, 0.6) is 0 Å². The largest absolute Gasteiger partial charge is 0.372 e. The van der Waals surface area contributed by atoms with Gasteiger partial charge in [0, 0.05) is 12.2 Å². The molecule has 4 rings (SSSR count). The van der Waals surface area contributed by atoms with Crippen molar-refractivity contribution < 1.29 is 14.3 Å². The van der Waals surface area contributed by atoms with E-state index in [-0.39, 0.29) is 12.1 Å². The second-order valence-corrected chi connectivity index (χ2v) is 6.12. The van der Waals surface area contributed by atoms with Gasteiger partial charge in [0.2, 0.25) is 0 Å². The molecule has 2 aromatic rings. The van der Waals surface area contributed by atoms with Gasteiger partial charge in [0.05, 0.1) is 26.4 Å². The lowest BCUT2D eigenvalue weighted by atomic mass is 10.1. The molecular weight excluding hydrogens is 304 g/mol. The number of amides is 2. The first-order chi connectivity index (χ1) is 11.8. The number of ether oxygens (including phenoxy) is 2. The molecule has 5 nitrogen and oxygen atoms in total. The number of benzene rings is 2. The summed E-state index contributed by atoms with van der Waals surface area (Å²) in [6.07, 6.45) is -0.0703. The summed E-state index contributed by atoms with van der Waals surface area (Å²) in [5.41, 5.74) is 4.26. The van der Waals surface area contributed by atoms with E-state index in [4.69, 9.17) is 9.47 Å². The highest BCUT2D eigenvalue weighted by molar-refractivity contribution is 5.89. The van der Waals surface area contributed by atoms with Crippen LogP contribution >= 0.6 is 0 Å². The van der Waals surface area contributed by atoms with Crippen LogP contribution in [0, 0.1) is 0 Å². The number of rotatable bonds is 2. The van der Waals surface area contributed by atoms with Crippen LogP contribution in [0.1, 0.15) is 22.8 Å². The van der Waals surface area contributed by atoms with Gasteiger partial charge in [-0.05, 0) is 28.8 Å². The maximum atomic E-state index is 12.6. The molecule has 1 unspecified atom stereocenters. The molecular formula is C19H20N2O3. The minimum absolute atomic E-state index is 0.0703. The van der Waals surface area contributed by atoms with E-state index in [1.807, 2.05) is 53.4 Å². The highest BCUT2D eigenvalue weighted by Crippen LogP contribution is 2.25. The van der Waals surface area contributed by atoms with E-state index in [2.05, 4.69) is 5.32 Å². The summed E-state index contributed by atoms with van der Waals surface area (Å²) in [5, 5.41) is 2.99. The molecule has 1 N–H and O–H groups in total. The zero-order valence-electron chi connectivity index (χ0n) is 13.4.